The molecule has 0 aliphatic carbocycles. The van der Waals surface area contributed by atoms with Gasteiger partial charge in [0.25, 0.3) is 0 Å². The van der Waals surface area contributed by atoms with E-state index in [1.54, 1.807) is 6.08 Å². The van der Waals surface area contributed by atoms with E-state index in [0.29, 0.717) is 0 Å². The van der Waals surface area contributed by atoms with Gasteiger partial charge in [0.2, 0.25) is 0 Å². The lowest BCUT2D eigenvalue weighted by Gasteiger charge is -1.31. The van der Waals surface area contributed by atoms with E-state index in [2.05, 4.69) is 19.7 Å². The smallest absolute Gasteiger partial charge is 0.0473 e. The van der Waals surface area contributed by atoms with Crippen LogP contribution in [0.4, 0.5) is 4.70 Å². The van der Waals surface area contributed by atoms with Crippen molar-refractivity contribution in [2.75, 3.05) is 0 Å². The summed E-state index contributed by atoms with van der Waals surface area (Å²) in [6.07, 6.45) is 1.75. The third-order valence-electron chi connectivity index (χ3n) is 0. The minimum Gasteiger partial charge on any atom is -0.269 e. The second kappa shape index (κ2) is 305. The van der Waals surface area contributed by atoms with Crippen molar-refractivity contribution in [2.45, 2.75) is 6.92 Å². The van der Waals surface area contributed by atoms with Gasteiger partial charge in [0.15, 0.2) is 0 Å². The first-order valence-electron chi connectivity index (χ1n) is 1.49. The normalized spacial score (nSPS) is 2.83. The Morgan fingerprint density at radius 1 is 1.33 bits per heavy atom. The van der Waals surface area contributed by atoms with E-state index in [4.69, 9.17) is 0 Å². The van der Waals surface area contributed by atoms with Gasteiger partial charge in [-0.25, -0.2) is 0 Å². The molecule has 0 aliphatic heterocycles. The van der Waals surface area contributed by atoms with Crippen molar-refractivity contribution >= 4 is 0 Å². The maximum Gasteiger partial charge on any atom is -0.0473 e. The molecule has 0 aromatic heterocycles. The van der Waals surface area contributed by atoms with Gasteiger partial charge in [-0.05, 0) is 6.92 Å². The summed E-state index contributed by atoms with van der Waals surface area (Å²) in [7, 11) is 0. The lowest BCUT2D eigenvalue weighted by molar-refractivity contribution is 1.11. The Balaban J connectivity index is -0.0000000275. The summed E-state index contributed by atoms with van der Waals surface area (Å²) in [5, 5.41) is 0. The Morgan fingerprint density at radius 2 is 1.33 bits per heavy atom. The van der Waals surface area contributed by atoms with Crippen LogP contribution in [0.1, 0.15) is 6.92 Å². The molecule has 0 saturated heterocycles. The lowest BCUT2D eigenvalue weighted by atomic mass is 10.8. The Kier molecular flexibility index (Phi) is 921. The zero-order valence-electron chi connectivity index (χ0n) is 4.11. The molecular formula is C5H11F. The molecule has 0 nitrogen and oxygen atoms in total. The average molecular weight is 90.1 g/mol. The predicted molar refractivity (Wildman–Crippen MR) is 29.6 cm³/mol. The van der Waals surface area contributed by atoms with E-state index >= 15 is 0 Å². The first kappa shape index (κ1) is 18.1. The first-order valence-corrected chi connectivity index (χ1v) is 1.49. The van der Waals surface area contributed by atoms with Gasteiger partial charge < -0.3 is 0 Å². The Hall–Kier alpha value is -0.590. The first-order chi connectivity index (χ1) is 2.41. The van der Waals surface area contributed by atoms with Crippen LogP contribution in [0.3, 0.4) is 0 Å². The molecule has 0 aromatic carbocycles. The second-order valence-electron chi connectivity index (χ2n) is 0.408. The number of allylic oxidation sites excluding steroid dienone is 1. The highest BCUT2D eigenvalue weighted by atomic mass is 19.0. The summed E-state index contributed by atoms with van der Waals surface area (Å²) in [6, 6.07) is 0. The average Bonchev–Trinajstić information content (AvgIpc) is 1.46. The third kappa shape index (κ3) is 56.9. The number of hydrogen-bond acceptors (Lipinski definition) is 0. The minimum absolute atomic E-state index is 0. The van der Waals surface area contributed by atoms with Crippen LogP contribution in [0.15, 0.2) is 25.8 Å². The zero-order chi connectivity index (χ0) is 4.71. The van der Waals surface area contributed by atoms with Crippen molar-refractivity contribution < 1.29 is 4.70 Å². The molecule has 0 aliphatic rings. The maximum atomic E-state index is 3.36. The van der Waals surface area contributed by atoms with E-state index in [-0.39, 0.29) is 4.70 Å². The van der Waals surface area contributed by atoms with Gasteiger partial charge in [-0.3, -0.25) is 4.70 Å². The van der Waals surface area contributed by atoms with Crippen LogP contribution >= 0.6 is 0 Å². The summed E-state index contributed by atoms with van der Waals surface area (Å²) < 4.78 is 0. The highest BCUT2D eigenvalue weighted by Crippen LogP contribution is 1.38. The van der Waals surface area contributed by atoms with E-state index in [9.17, 15) is 0 Å². The van der Waals surface area contributed by atoms with Gasteiger partial charge in [-0.1, -0.05) is 6.08 Å². The molecule has 0 saturated carbocycles. The van der Waals surface area contributed by atoms with Crippen molar-refractivity contribution in [1.82, 2.24) is 0 Å². The second-order valence-corrected chi connectivity index (χ2v) is 0.408. The molecule has 0 N–H and O–H groups in total. The standard InChI is InChI=1S/C3H6.C2H4.FH/c1-3-2;1-2;/h3H,1H2,2H3;1-2H2;1H. The van der Waals surface area contributed by atoms with Gasteiger partial charge in [-0.15, -0.1) is 19.7 Å². The van der Waals surface area contributed by atoms with E-state index in [0.717, 1.165) is 0 Å². The summed E-state index contributed by atoms with van der Waals surface area (Å²) in [4.78, 5) is 0. The molecule has 0 radical (unpaired) electrons. The predicted octanol–water partition coefficient (Wildman–Crippen LogP) is 2.15. The van der Waals surface area contributed by atoms with Crippen molar-refractivity contribution in [1.29, 1.82) is 0 Å². The highest BCUT2D eigenvalue weighted by molar-refractivity contribution is 4.51. The Labute approximate surface area is 38.6 Å². The van der Waals surface area contributed by atoms with Crippen molar-refractivity contribution in [3.63, 3.8) is 0 Å². The van der Waals surface area contributed by atoms with E-state index in [1.807, 2.05) is 6.92 Å². The molecule has 0 heterocycles. The van der Waals surface area contributed by atoms with Gasteiger partial charge in [0, 0.05) is 0 Å². The maximum absolute atomic E-state index is 3.36. The fourth-order valence-corrected chi connectivity index (χ4v) is 0. The van der Waals surface area contributed by atoms with Crippen LogP contribution in [0.5, 0.6) is 0 Å². The topological polar surface area (TPSA) is 0 Å². The summed E-state index contributed by atoms with van der Waals surface area (Å²) in [5.41, 5.74) is 0. The fraction of sp³-hybridized carbons (Fsp3) is 0.200. The molecule has 6 heavy (non-hydrogen) atoms. The number of hydrogen-bond donors (Lipinski definition) is 0. The zero-order valence-corrected chi connectivity index (χ0v) is 4.11. The van der Waals surface area contributed by atoms with Gasteiger partial charge in [-0.2, -0.15) is 0 Å². The van der Waals surface area contributed by atoms with Crippen molar-refractivity contribution in [2.24, 2.45) is 0 Å². The molecule has 0 fully saturated rings. The Bertz CT molecular complexity index is 17.9. The molecule has 0 atom stereocenters. The van der Waals surface area contributed by atoms with Crippen LogP contribution in [0.2, 0.25) is 0 Å². The fourth-order valence-electron chi connectivity index (χ4n) is 0. The summed E-state index contributed by atoms with van der Waals surface area (Å²) in [5.74, 6) is 0. The SMILES string of the molecule is C=C.C=CC.F. The van der Waals surface area contributed by atoms with Gasteiger partial charge in [0.1, 0.15) is 0 Å². The molecule has 0 unspecified atom stereocenters. The van der Waals surface area contributed by atoms with Crippen LogP contribution in [0, 0.1) is 0 Å². The summed E-state index contributed by atoms with van der Waals surface area (Å²) in [6.45, 7) is 11.2. The van der Waals surface area contributed by atoms with E-state index < -0.39 is 0 Å². The Morgan fingerprint density at radius 3 is 1.33 bits per heavy atom. The number of halogens is 1. The molecule has 0 bridgehead atoms. The van der Waals surface area contributed by atoms with Crippen LogP contribution in [-0.4, -0.2) is 0 Å². The molecule has 0 spiro atoms. The monoisotopic (exact) mass is 90.1 g/mol. The van der Waals surface area contributed by atoms with E-state index in [1.165, 1.54) is 0 Å². The quantitative estimate of drug-likeness (QED) is 0.400. The van der Waals surface area contributed by atoms with Crippen molar-refractivity contribution in [3.8, 4) is 0 Å². The largest absolute Gasteiger partial charge is 0.269 e. The van der Waals surface area contributed by atoms with Gasteiger partial charge >= 0.3 is 0 Å². The lowest BCUT2D eigenvalue weighted by Crippen LogP contribution is -1.07. The molecule has 0 aromatic rings. The highest BCUT2D eigenvalue weighted by Gasteiger charge is 1.15. The molecule has 0 rings (SSSR count). The van der Waals surface area contributed by atoms with Crippen LogP contribution in [0.25, 0.3) is 0 Å². The third-order valence-corrected chi connectivity index (χ3v) is 0. The van der Waals surface area contributed by atoms with Crippen molar-refractivity contribution in [3.05, 3.63) is 25.8 Å². The minimum atomic E-state index is 0. The van der Waals surface area contributed by atoms with Gasteiger partial charge in [0.05, 0.1) is 0 Å². The summed E-state index contributed by atoms with van der Waals surface area (Å²) >= 11 is 0. The molecule has 1 heteroatoms. The van der Waals surface area contributed by atoms with Crippen LogP contribution < -0.4 is 0 Å². The molecular weight excluding hydrogens is 79.1 g/mol. The molecule has 38 valence electrons. The molecule has 0 amide bonds. The van der Waals surface area contributed by atoms with Crippen LogP contribution in [-0.2, 0) is 0 Å². The number of rotatable bonds is 0.